The summed E-state index contributed by atoms with van der Waals surface area (Å²) in [4.78, 5) is 19.3. The highest BCUT2D eigenvalue weighted by atomic mass is 35.5. The maximum Gasteiger partial charge on any atom is 0.247 e. The van der Waals surface area contributed by atoms with Crippen LogP contribution in [0.25, 0.3) is 5.69 Å². The Morgan fingerprint density at radius 1 is 1.10 bits per heavy atom. The van der Waals surface area contributed by atoms with E-state index in [1.54, 1.807) is 47.5 Å². The highest BCUT2D eigenvalue weighted by Gasteiger charge is 2.31. The van der Waals surface area contributed by atoms with Crippen molar-refractivity contribution < 1.29 is 9.53 Å². The number of nitrogens with zero attached hydrogens (tertiary/aromatic N) is 4. The molecule has 3 aromatic rings. The molecule has 0 aliphatic carbocycles. The van der Waals surface area contributed by atoms with Gasteiger partial charge in [-0.15, -0.1) is 0 Å². The average molecular weight is 432 g/mol. The van der Waals surface area contributed by atoms with Gasteiger partial charge in [0.15, 0.2) is 5.82 Å². The molecule has 0 radical (unpaired) electrons. The van der Waals surface area contributed by atoms with Gasteiger partial charge in [0.05, 0.1) is 18.9 Å². The molecule has 0 spiro atoms. The zero-order valence-electron chi connectivity index (χ0n) is 15.5. The minimum Gasteiger partial charge on any atom is -0.379 e. The van der Waals surface area contributed by atoms with Gasteiger partial charge in [-0.05, 0) is 29.8 Å². The molecule has 150 valence electrons. The number of carbonyl (C=O) groups excluding carboxylic acids is 1. The van der Waals surface area contributed by atoms with Crippen LogP contribution in [0.4, 0.5) is 5.82 Å². The molecule has 4 rings (SSSR count). The van der Waals surface area contributed by atoms with E-state index in [4.69, 9.17) is 27.9 Å². The smallest absolute Gasteiger partial charge is 0.247 e. The van der Waals surface area contributed by atoms with E-state index in [2.05, 4.69) is 15.4 Å². The molecule has 0 saturated carbocycles. The van der Waals surface area contributed by atoms with Gasteiger partial charge in [-0.2, -0.15) is 5.10 Å². The van der Waals surface area contributed by atoms with Crippen LogP contribution in [-0.2, 0) is 9.53 Å². The summed E-state index contributed by atoms with van der Waals surface area (Å²) in [6.45, 7) is 2.38. The Kier molecular flexibility index (Phi) is 6.10. The molecule has 2 aromatic heterocycles. The van der Waals surface area contributed by atoms with Crippen molar-refractivity contribution in [2.75, 3.05) is 31.6 Å². The summed E-state index contributed by atoms with van der Waals surface area (Å²) in [5.74, 6) is 0.242. The Bertz CT molecular complexity index is 990. The molecule has 0 bridgehead atoms. The maximum atomic E-state index is 13.3. The molecule has 1 N–H and O–H groups in total. The topological polar surface area (TPSA) is 72.3 Å². The quantitative estimate of drug-likeness (QED) is 0.667. The number of benzene rings is 1. The van der Waals surface area contributed by atoms with Crippen LogP contribution in [0.2, 0.25) is 10.0 Å². The number of carbonyl (C=O) groups is 1. The number of amides is 1. The molecule has 1 aromatic carbocycles. The van der Waals surface area contributed by atoms with Crippen LogP contribution in [0, 0.1) is 0 Å². The lowest BCUT2D eigenvalue weighted by Crippen LogP contribution is -2.44. The van der Waals surface area contributed by atoms with Crippen molar-refractivity contribution >= 4 is 34.9 Å². The van der Waals surface area contributed by atoms with Gasteiger partial charge < -0.3 is 10.1 Å². The van der Waals surface area contributed by atoms with Gasteiger partial charge in [-0.3, -0.25) is 14.7 Å². The predicted molar refractivity (Wildman–Crippen MR) is 112 cm³/mol. The molecular formula is C20H19Cl2N5O2. The number of hydrogen-bond acceptors (Lipinski definition) is 5. The predicted octanol–water partition coefficient (Wildman–Crippen LogP) is 3.59. The fourth-order valence-corrected chi connectivity index (χ4v) is 3.80. The van der Waals surface area contributed by atoms with Crippen LogP contribution < -0.4 is 5.32 Å². The molecule has 1 atom stereocenters. The second kappa shape index (κ2) is 8.92. The molecule has 1 aliphatic heterocycles. The normalized spacial score (nSPS) is 15.8. The van der Waals surface area contributed by atoms with Crippen molar-refractivity contribution in [1.29, 1.82) is 0 Å². The second-order valence-corrected chi connectivity index (χ2v) is 7.40. The summed E-state index contributed by atoms with van der Waals surface area (Å²) >= 11 is 12.5. The summed E-state index contributed by atoms with van der Waals surface area (Å²) < 4.78 is 7.11. The fourth-order valence-electron chi connectivity index (χ4n) is 3.29. The average Bonchev–Trinajstić information content (AvgIpc) is 3.20. The van der Waals surface area contributed by atoms with E-state index in [1.807, 2.05) is 17.0 Å². The van der Waals surface area contributed by atoms with Gasteiger partial charge in [-0.25, -0.2) is 4.68 Å². The number of rotatable bonds is 5. The van der Waals surface area contributed by atoms with E-state index >= 15 is 0 Å². The number of aromatic nitrogens is 3. The zero-order valence-corrected chi connectivity index (χ0v) is 17.0. The lowest BCUT2D eigenvalue weighted by Gasteiger charge is -2.34. The monoisotopic (exact) mass is 431 g/mol. The Morgan fingerprint density at radius 2 is 1.86 bits per heavy atom. The third-order valence-electron chi connectivity index (χ3n) is 4.68. The number of nitrogens with one attached hydrogen (secondary N) is 1. The first kappa shape index (κ1) is 19.8. The van der Waals surface area contributed by atoms with E-state index in [-0.39, 0.29) is 5.91 Å². The molecule has 9 heteroatoms. The Labute approximate surface area is 178 Å². The van der Waals surface area contributed by atoms with Crippen molar-refractivity contribution in [3.8, 4) is 5.69 Å². The van der Waals surface area contributed by atoms with Gasteiger partial charge >= 0.3 is 0 Å². The molecule has 1 aliphatic rings. The minimum absolute atomic E-state index is 0.212. The van der Waals surface area contributed by atoms with E-state index in [0.29, 0.717) is 47.7 Å². The standard InChI is InChI=1S/C20H19Cl2N5O2/c21-14-1-2-16(17(22)13-14)19(26-9-11-29-12-10-26)20(28)24-18-5-8-27(25-18)15-3-6-23-7-4-15/h1-8,13,19H,9-12H2,(H,24,25,28). The number of halogens is 2. The first-order chi connectivity index (χ1) is 14.1. The molecule has 1 fully saturated rings. The van der Waals surface area contributed by atoms with Crippen molar-refractivity contribution in [3.63, 3.8) is 0 Å². The number of anilines is 1. The SMILES string of the molecule is O=C(Nc1ccn(-c2ccncc2)n1)C(c1ccc(Cl)cc1Cl)N1CCOCC1. The molecule has 1 amide bonds. The van der Waals surface area contributed by atoms with Crippen LogP contribution in [0.15, 0.2) is 55.0 Å². The van der Waals surface area contributed by atoms with Crippen LogP contribution in [0.1, 0.15) is 11.6 Å². The van der Waals surface area contributed by atoms with E-state index in [9.17, 15) is 4.79 Å². The number of morpholine rings is 1. The van der Waals surface area contributed by atoms with Gasteiger partial charge in [0.25, 0.3) is 0 Å². The van der Waals surface area contributed by atoms with E-state index in [0.717, 1.165) is 5.69 Å². The first-order valence-electron chi connectivity index (χ1n) is 9.15. The van der Waals surface area contributed by atoms with Gasteiger partial charge in [0.2, 0.25) is 5.91 Å². The van der Waals surface area contributed by atoms with Crippen LogP contribution in [0.5, 0.6) is 0 Å². The molecule has 1 unspecified atom stereocenters. The molecule has 3 heterocycles. The summed E-state index contributed by atoms with van der Waals surface area (Å²) in [6, 6.07) is 10.0. The lowest BCUT2D eigenvalue weighted by molar-refractivity contribution is -0.123. The molecule has 29 heavy (non-hydrogen) atoms. The van der Waals surface area contributed by atoms with Crippen molar-refractivity contribution in [2.45, 2.75) is 6.04 Å². The highest BCUT2D eigenvalue weighted by Crippen LogP contribution is 2.31. The summed E-state index contributed by atoms with van der Waals surface area (Å²) in [7, 11) is 0. The zero-order chi connectivity index (χ0) is 20.2. The van der Waals surface area contributed by atoms with Crippen LogP contribution in [0.3, 0.4) is 0 Å². The summed E-state index contributed by atoms with van der Waals surface area (Å²) in [5, 5.41) is 8.32. The Balaban J connectivity index is 1.59. The number of hydrogen-bond donors (Lipinski definition) is 1. The van der Waals surface area contributed by atoms with Crippen LogP contribution >= 0.6 is 23.2 Å². The van der Waals surface area contributed by atoms with E-state index in [1.165, 1.54) is 0 Å². The Hall–Kier alpha value is -2.45. The molecular weight excluding hydrogens is 413 g/mol. The summed E-state index contributed by atoms with van der Waals surface area (Å²) in [6.07, 6.45) is 5.16. The Morgan fingerprint density at radius 3 is 2.59 bits per heavy atom. The van der Waals surface area contributed by atoms with Crippen LogP contribution in [-0.4, -0.2) is 51.9 Å². The van der Waals surface area contributed by atoms with Crippen molar-refractivity contribution in [2.24, 2.45) is 0 Å². The third kappa shape index (κ3) is 4.59. The maximum absolute atomic E-state index is 13.3. The number of pyridine rings is 1. The largest absolute Gasteiger partial charge is 0.379 e. The first-order valence-corrected chi connectivity index (χ1v) is 9.91. The minimum atomic E-state index is -0.574. The van der Waals surface area contributed by atoms with Crippen molar-refractivity contribution in [1.82, 2.24) is 19.7 Å². The summed E-state index contributed by atoms with van der Waals surface area (Å²) in [5.41, 5.74) is 1.55. The molecule has 7 nitrogen and oxygen atoms in total. The second-order valence-electron chi connectivity index (χ2n) is 6.56. The van der Waals surface area contributed by atoms with Gasteiger partial charge in [0.1, 0.15) is 6.04 Å². The van der Waals surface area contributed by atoms with E-state index < -0.39 is 6.04 Å². The molecule has 1 saturated heterocycles. The highest BCUT2D eigenvalue weighted by molar-refractivity contribution is 6.35. The van der Waals surface area contributed by atoms with Gasteiger partial charge in [0, 0.05) is 47.8 Å². The lowest BCUT2D eigenvalue weighted by atomic mass is 10.0. The fraction of sp³-hybridized carbons (Fsp3) is 0.250. The number of ether oxygens (including phenoxy) is 1. The van der Waals surface area contributed by atoms with Gasteiger partial charge in [-0.1, -0.05) is 29.3 Å². The van der Waals surface area contributed by atoms with Crippen molar-refractivity contribution in [3.05, 3.63) is 70.6 Å². The third-order valence-corrected chi connectivity index (χ3v) is 5.25.